The van der Waals surface area contributed by atoms with E-state index in [2.05, 4.69) is 5.32 Å². The zero-order valence-electron chi connectivity index (χ0n) is 17.1. The summed E-state index contributed by atoms with van der Waals surface area (Å²) in [5.41, 5.74) is 1.09. The van der Waals surface area contributed by atoms with Crippen molar-refractivity contribution in [1.29, 1.82) is 0 Å². The molecule has 0 aliphatic carbocycles. The molecular weight excluding hydrogens is 390 g/mol. The summed E-state index contributed by atoms with van der Waals surface area (Å²) >= 11 is 0. The fourth-order valence-corrected chi connectivity index (χ4v) is 3.64. The molecule has 2 aromatic carbocycles. The van der Waals surface area contributed by atoms with E-state index >= 15 is 0 Å². The van der Waals surface area contributed by atoms with Gasteiger partial charge in [-0.25, -0.2) is 8.78 Å². The first-order valence-electron chi connectivity index (χ1n) is 10.1. The number of rotatable bonds is 7. The second-order valence-corrected chi connectivity index (χ2v) is 7.77. The molecule has 2 aromatic rings. The van der Waals surface area contributed by atoms with Crippen LogP contribution in [0.4, 0.5) is 14.5 Å². The van der Waals surface area contributed by atoms with Crippen LogP contribution in [0.1, 0.15) is 5.56 Å². The van der Waals surface area contributed by atoms with E-state index in [1.54, 1.807) is 30.1 Å². The van der Waals surface area contributed by atoms with Crippen molar-refractivity contribution in [2.75, 3.05) is 51.6 Å². The van der Waals surface area contributed by atoms with Crippen LogP contribution in [-0.2, 0) is 16.1 Å². The number of likely N-dealkylation sites (N-methyl/N-ethyl adjacent to an activating group) is 1. The number of quaternary nitrogens is 2. The maximum atomic E-state index is 13.8. The molecular formula is C22H28F2N4O2+2. The Bertz CT molecular complexity index is 885. The number of nitrogens with one attached hydrogen (secondary N) is 3. The van der Waals surface area contributed by atoms with Gasteiger partial charge in [-0.05, 0) is 24.3 Å². The molecule has 3 N–H and O–H groups in total. The standard InChI is InChI=1S/C22H26F2N4O2/c1-26(15-21(29)25-19-7-4-6-18(23)13-19)16-22(30)28-11-9-27(10-12-28)14-17-5-2-3-8-20(17)24/h2-8,13H,9-12,14-16H2,1H3,(H,25,29)/p+2. The quantitative estimate of drug-likeness (QED) is 0.560. The number of benzene rings is 2. The van der Waals surface area contributed by atoms with Crippen molar-refractivity contribution < 1.29 is 28.2 Å². The molecule has 8 heteroatoms. The van der Waals surface area contributed by atoms with E-state index in [-0.39, 0.29) is 30.7 Å². The number of halogens is 2. The Morgan fingerprint density at radius 1 is 1.07 bits per heavy atom. The van der Waals surface area contributed by atoms with Gasteiger partial charge in [0.05, 0.1) is 33.2 Å². The fourth-order valence-electron chi connectivity index (χ4n) is 3.64. The molecule has 1 aliphatic heterocycles. The molecule has 0 saturated carbocycles. The molecule has 0 radical (unpaired) electrons. The Kier molecular flexibility index (Phi) is 7.48. The SMILES string of the molecule is C[NH+](CC(=O)Nc1cccc(F)c1)CC(=O)N1CC[NH+](Cc2ccccc2F)CC1. The highest BCUT2D eigenvalue weighted by molar-refractivity contribution is 5.91. The van der Waals surface area contributed by atoms with Crippen LogP contribution in [0, 0.1) is 11.6 Å². The molecule has 30 heavy (non-hydrogen) atoms. The van der Waals surface area contributed by atoms with E-state index in [0.717, 1.165) is 18.0 Å². The van der Waals surface area contributed by atoms with Crippen molar-refractivity contribution in [3.8, 4) is 0 Å². The number of amides is 2. The van der Waals surface area contributed by atoms with Crippen molar-refractivity contribution >= 4 is 17.5 Å². The third-order valence-electron chi connectivity index (χ3n) is 5.25. The monoisotopic (exact) mass is 418 g/mol. The van der Waals surface area contributed by atoms with Gasteiger partial charge in [0.15, 0.2) is 13.1 Å². The summed E-state index contributed by atoms with van der Waals surface area (Å²) in [6.45, 7) is 3.69. The van der Waals surface area contributed by atoms with Gasteiger partial charge < -0.3 is 20.0 Å². The van der Waals surface area contributed by atoms with Gasteiger partial charge in [0, 0.05) is 11.3 Å². The van der Waals surface area contributed by atoms with Crippen molar-refractivity contribution in [1.82, 2.24) is 4.90 Å². The van der Waals surface area contributed by atoms with Crippen LogP contribution >= 0.6 is 0 Å². The highest BCUT2D eigenvalue weighted by atomic mass is 19.1. The molecule has 0 bridgehead atoms. The van der Waals surface area contributed by atoms with E-state index in [0.29, 0.717) is 30.9 Å². The second kappa shape index (κ2) is 10.3. The van der Waals surface area contributed by atoms with Crippen molar-refractivity contribution in [3.63, 3.8) is 0 Å². The number of hydrogen-bond acceptors (Lipinski definition) is 2. The summed E-state index contributed by atoms with van der Waals surface area (Å²) < 4.78 is 27.0. The van der Waals surface area contributed by atoms with Gasteiger partial charge in [0.25, 0.3) is 11.8 Å². The maximum Gasteiger partial charge on any atom is 0.279 e. The minimum atomic E-state index is -0.417. The van der Waals surface area contributed by atoms with Crippen molar-refractivity contribution in [3.05, 3.63) is 65.7 Å². The molecule has 6 nitrogen and oxygen atoms in total. The molecule has 160 valence electrons. The summed E-state index contributed by atoms with van der Waals surface area (Å²) in [6, 6.07) is 12.5. The number of piperazine rings is 1. The minimum Gasteiger partial charge on any atom is -0.328 e. The van der Waals surface area contributed by atoms with Crippen LogP contribution in [0.25, 0.3) is 0 Å². The smallest absolute Gasteiger partial charge is 0.279 e. The third-order valence-corrected chi connectivity index (χ3v) is 5.25. The molecule has 1 fully saturated rings. The van der Waals surface area contributed by atoms with Crippen LogP contribution in [0.3, 0.4) is 0 Å². The van der Waals surface area contributed by atoms with Gasteiger partial charge in [-0.2, -0.15) is 0 Å². The van der Waals surface area contributed by atoms with E-state index in [4.69, 9.17) is 0 Å². The van der Waals surface area contributed by atoms with E-state index in [1.165, 1.54) is 29.2 Å². The van der Waals surface area contributed by atoms with Gasteiger partial charge in [-0.1, -0.05) is 24.3 Å². The number of nitrogens with zero attached hydrogens (tertiary/aromatic N) is 1. The molecule has 0 aromatic heterocycles. The Morgan fingerprint density at radius 3 is 2.50 bits per heavy atom. The zero-order chi connectivity index (χ0) is 21.5. The normalized spacial score (nSPS) is 15.6. The fraction of sp³-hybridized carbons (Fsp3) is 0.364. The Balaban J connectivity index is 1.40. The average Bonchev–Trinajstić information content (AvgIpc) is 2.70. The Morgan fingerprint density at radius 2 is 1.80 bits per heavy atom. The number of carbonyl (C=O) groups is 2. The summed E-state index contributed by atoms with van der Waals surface area (Å²) in [4.78, 5) is 28.5. The highest BCUT2D eigenvalue weighted by Gasteiger charge is 2.26. The van der Waals surface area contributed by atoms with Crippen LogP contribution in [0.15, 0.2) is 48.5 Å². The Hall–Kier alpha value is -2.84. The first kappa shape index (κ1) is 21.9. The largest absolute Gasteiger partial charge is 0.328 e. The predicted molar refractivity (Wildman–Crippen MR) is 109 cm³/mol. The summed E-state index contributed by atoms with van der Waals surface area (Å²) in [7, 11) is 1.78. The number of anilines is 1. The molecule has 1 heterocycles. The first-order chi connectivity index (χ1) is 14.4. The lowest BCUT2D eigenvalue weighted by Gasteiger charge is -2.32. The van der Waals surface area contributed by atoms with Crippen LogP contribution < -0.4 is 15.1 Å². The van der Waals surface area contributed by atoms with Crippen LogP contribution in [-0.4, -0.2) is 63.0 Å². The number of hydrogen-bond donors (Lipinski definition) is 3. The third kappa shape index (κ3) is 6.33. The molecule has 1 saturated heterocycles. The summed E-state index contributed by atoms with van der Waals surface area (Å²) in [6.07, 6.45) is 0. The van der Waals surface area contributed by atoms with Crippen LogP contribution in [0.2, 0.25) is 0 Å². The lowest BCUT2D eigenvalue weighted by Crippen LogP contribution is -3.14. The molecule has 1 atom stereocenters. The highest BCUT2D eigenvalue weighted by Crippen LogP contribution is 2.08. The van der Waals surface area contributed by atoms with Gasteiger partial charge in [0.2, 0.25) is 0 Å². The van der Waals surface area contributed by atoms with Gasteiger partial charge in [0.1, 0.15) is 18.2 Å². The zero-order valence-corrected chi connectivity index (χ0v) is 17.1. The van der Waals surface area contributed by atoms with Crippen molar-refractivity contribution in [2.45, 2.75) is 6.54 Å². The first-order valence-corrected chi connectivity index (χ1v) is 10.1. The Labute approximate surface area is 175 Å². The summed E-state index contributed by atoms with van der Waals surface area (Å²) in [5, 5.41) is 2.64. The minimum absolute atomic E-state index is 0.00371. The van der Waals surface area contributed by atoms with Gasteiger partial charge >= 0.3 is 0 Å². The van der Waals surface area contributed by atoms with Gasteiger partial charge in [-0.3, -0.25) is 9.59 Å². The lowest BCUT2D eigenvalue weighted by molar-refractivity contribution is -0.918. The van der Waals surface area contributed by atoms with E-state index < -0.39 is 5.82 Å². The second-order valence-electron chi connectivity index (χ2n) is 7.77. The van der Waals surface area contributed by atoms with E-state index in [9.17, 15) is 18.4 Å². The maximum absolute atomic E-state index is 13.8. The lowest BCUT2D eigenvalue weighted by atomic mass is 10.2. The van der Waals surface area contributed by atoms with E-state index in [1.807, 2.05) is 6.07 Å². The predicted octanol–water partition coefficient (Wildman–Crippen LogP) is -0.655. The number of carbonyl (C=O) groups excluding carboxylic acids is 2. The van der Waals surface area contributed by atoms with Crippen LogP contribution in [0.5, 0.6) is 0 Å². The molecule has 3 rings (SSSR count). The average molecular weight is 418 g/mol. The van der Waals surface area contributed by atoms with Crippen molar-refractivity contribution in [2.24, 2.45) is 0 Å². The molecule has 1 aliphatic rings. The topological polar surface area (TPSA) is 58.3 Å². The summed E-state index contributed by atoms with van der Waals surface area (Å²) in [5.74, 6) is -0.883. The molecule has 2 amide bonds. The van der Waals surface area contributed by atoms with Gasteiger partial charge in [-0.15, -0.1) is 0 Å². The molecule has 0 spiro atoms. The molecule has 1 unspecified atom stereocenters.